The minimum atomic E-state index is -4.27. The molecular formula is C11H10F3N. The summed E-state index contributed by atoms with van der Waals surface area (Å²) in [5, 5.41) is 3.05. The number of benzene rings is 1. The fourth-order valence-corrected chi connectivity index (χ4v) is 1.58. The van der Waals surface area contributed by atoms with Gasteiger partial charge in [-0.25, -0.2) is 0 Å². The van der Waals surface area contributed by atoms with Crippen LogP contribution in [0.2, 0.25) is 0 Å². The third-order valence-corrected chi connectivity index (χ3v) is 2.31. The minimum absolute atomic E-state index is 0.599. The van der Waals surface area contributed by atoms with Crippen molar-refractivity contribution in [3.8, 4) is 0 Å². The Morgan fingerprint density at radius 1 is 1.20 bits per heavy atom. The Morgan fingerprint density at radius 3 is 2.60 bits per heavy atom. The van der Waals surface area contributed by atoms with Crippen LogP contribution < -0.4 is 5.32 Å². The van der Waals surface area contributed by atoms with Crippen LogP contribution in [-0.4, -0.2) is 6.54 Å². The first kappa shape index (κ1) is 10.1. The third-order valence-electron chi connectivity index (χ3n) is 2.31. The second kappa shape index (κ2) is 3.61. The molecule has 0 aliphatic carbocycles. The average molecular weight is 213 g/mol. The van der Waals surface area contributed by atoms with Gasteiger partial charge < -0.3 is 5.32 Å². The molecule has 2 rings (SSSR count). The molecule has 0 saturated carbocycles. The Morgan fingerprint density at radius 2 is 2.00 bits per heavy atom. The zero-order valence-corrected chi connectivity index (χ0v) is 7.93. The molecule has 0 fully saturated rings. The Kier molecular flexibility index (Phi) is 2.42. The zero-order chi connectivity index (χ0) is 10.9. The number of hydrogen-bond acceptors (Lipinski definition) is 1. The zero-order valence-electron chi connectivity index (χ0n) is 7.93. The highest BCUT2D eigenvalue weighted by Gasteiger charge is 2.30. The fraction of sp³-hybridized carbons (Fsp3) is 0.273. The van der Waals surface area contributed by atoms with E-state index in [4.69, 9.17) is 0 Å². The molecule has 0 spiro atoms. The number of halogens is 3. The molecule has 80 valence electrons. The van der Waals surface area contributed by atoms with Crippen molar-refractivity contribution in [3.63, 3.8) is 0 Å². The van der Waals surface area contributed by atoms with E-state index in [0.717, 1.165) is 24.7 Å². The van der Waals surface area contributed by atoms with Crippen LogP contribution in [0.3, 0.4) is 0 Å². The van der Waals surface area contributed by atoms with Gasteiger partial charge >= 0.3 is 6.18 Å². The van der Waals surface area contributed by atoms with E-state index in [-0.39, 0.29) is 0 Å². The maximum Gasteiger partial charge on any atom is 0.416 e. The number of rotatable bonds is 1. The molecular weight excluding hydrogens is 203 g/mol. The number of nitrogens with one attached hydrogen (secondary N) is 1. The molecule has 0 amide bonds. The number of hydrogen-bond donors (Lipinski definition) is 1. The van der Waals surface area contributed by atoms with Crippen LogP contribution in [0.25, 0.3) is 5.70 Å². The van der Waals surface area contributed by atoms with E-state index in [0.29, 0.717) is 5.56 Å². The molecule has 0 aromatic heterocycles. The first-order valence-corrected chi connectivity index (χ1v) is 4.69. The van der Waals surface area contributed by atoms with E-state index < -0.39 is 11.7 Å². The quantitative estimate of drug-likeness (QED) is 0.756. The highest BCUT2D eigenvalue weighted by Crippen LogP contribution is 2.30. The maximum absolute atomic E-state index is 12.4. The molecule has 0 unspecified atom stereocenters. The average Bonchev–Trinajstić information content (AvgIpc) is 2.69. The van der Waals surface area contributed by atoms with Crippen molar-refractivity contribution in [2.45, 2.75) is 12.6 Å². The molecule has 1 heterocycles. The van der Waals surface area contributed by atoms with Crippen molar-refractivity contribution in [1.82, 2.24) is 5.32 Å². The van der Waals surface area contributed by atoms with E-state index in [2.05, 4.69) is 5.32 Å². The normalized spacial score (nSPS) is 16.1. The van der Waals surface area contributed by atoms with Gasteiger partial charge in [0.25, 0.3) is 0 Å². The van der Waals surface area contributed by atoms with Gasteiger partial charge in [0, 0.05) is 12.2 Å². The van der Waals surface area contributed by atoms with E-state index in [9.17, 15) is 13.2 Å². The fourth-order valence-electron chi connectivity index (χ4n) is 1.58. The van der Waals surface area contributed by atoms with E-state index in [1.54, 1.807) is 6.07 Å². The minimum Gasteiger partial charge on any atom is -0.385 e. The second-order valence-corrected chi connectivity index (χ2v) is 3.41. The highest BCUT2D eigenvalue weighted by molar-refractivity contribution is 5.66. The molecule has 0 saturated heterocycles. The smallest absolute Gasteiger partial charge is 0.385 e. The van der Waals surface area contributed by atoms with Crippen molar-refractivity contribution < 1.29 is 13.2 Å². The second-order valence-electron chi connectivity index (χ2n) is 3.41. The summed E-state index contributed by atoms with van der Waals surface area (Å²) in [4.78, 5) is 0. The molecule has 1 aliphatic heterocycles. The predicted octanol–water partition coefficient (Wildman–Crippen LogP) is 3.04. The van der Waals surface area contributed by atoms with Gasteiger partial charge in [0.2, 0.25) is 0 Å². The van der Waals surface area contributed by atoms with Gasteiger partial charge in [-0.3, -0.25) is 0 Å². The van der Waals surface area contributed by atoms with Crippen molar-refractivity contribution in [2.24, 2.45) is 0 Å². The molecule has 15 heavy (non-hydrogen) atoms. The summed E-state index contributed by atoms with van der Waals surface area (Å²) in [6.45, 7) is 0.797. The first-order valence-electron chi connectivity index (χ1n) is 4.69. The molecule has 4 heteroatoms. The molecule has 1 N–H and O–H groups in total. The van der Waals surface area contributed by atoms with Crippen molar-refractivity contribution >= 4 is 5.70 Å². The SMILES string of the molecule is FC(F)(F)c1cccc(C2=CCCN2)c1. The predicted molar refractivity (Wildman–Crippen MR) is 52.0 cm³/mol. The molecule has 0 bridgehead atoms. The first-order chi connectivity index (χ1) is 7.07. The standard InChI is InChI=1S/C11H10F3N/c12-11(13,14)9-4-1-3-8(7-9)10-5-2-6-15-10/h1,3-5,7,15H,2,6H2. The lowest BCUT2D eigenvalue weighted by Gasteiger charge is -2.09. The van der Waals surface area contributed by atoms with Crippen molar-refractivity contribution in [3.05, 3.63) is 41.5 Å². The lowest BCUT2D eigenvalue weighted by Crippen LogP contribution is -2.09. The van der Waals surface area contributed by atoms with Gasteiger partial charge in [-0.1, -0.05) is 18.2 Å². The Bertz CT molecular complexity index is 393. The number of alkyl halides is 3. The van der Waals surface area contributed by atoms with Gasteiger partial charge in [0.15, 0.2) is 0 Å². The molecule has 0 atom stereocenters. The third kappa shape index (κ3) is 2.14. The summed E-state index contributed by atoms with van der Waals surface area (Å²) in [7, 11) is 0. The van der Waals surface area contributed by atoms with E-state index in [1.165, 1.54) is 12.1 Å². The molecule has 1 aromatic rings. The largest absolute Gasteiger partial charge is 0.416 e. The molecule has 0 radical (unpaired) electrons. The Balaban J connectivity index is 2.34. The van der Waals surface area contributed by atoms with E-state index in [1.807, 2.05) is 6.08 Å². The lowest BCUT2D eigenvalue weighted by atomic mass is 10.1. The van der Waals surface area contributed by atoms with Crippen LogP contribution in [0.1, 0.15) is 17.5 Å². The summed E-state index contributed by atoms with van der Waals surface area (Å²) in [5.41, 5.74) is 0.790. The van der Waals surface area contributed by atoms with Crippen LogP contribution in [0, 0.1) is 0 Å². The van der Waals surface area contributed by atoms with Gasteiger partial charge in [-0.2, -0.15) is 13.2 Å². The summed E-state index contributed by atoms with van der Waals surface area (Å²) >= 11 is 0. The van der Waals surface area contributed by atoms with Crippen LogP contribution in [-0.2, 0) is 6.18 Å². The van der Waals surface area contributed by atoms with Crippen molar-refractivity contribution in [1.29, 1.82) is 0 Å². The van der Waals surface area contributed by atoms with Gasteiger partial charge in [-0.15, -0.1) is 0 Å². The van der Waals surface area contributed by atoms with Crippen LogP contribution >= 0.6 is 0 Å². The van der Waals surface area contributed by atoms with E-state index >= 15 is 0 Å². The van der Waals surface area contributed by atoms with Crippen molar-refractivity contribution in [2.75, 3.05) is 6.54 Å². The Hall–Kier alpha value is -1.45. The van der Waals surface area contributed by atoms with Crippen LogP contribution in [0.15, 0.2) is 30.3 Å². The Labute approximate surface area is 85.6 Å². The molecule has 1 aromatic carbocycles. The summed E-state index contributed by atoms with van der Waals surface area (Å²) in [5.74, 6) is 0. The van der Waals surface area contributed by atoms with Gasteiger partial charge in [0.1, 0.15) is 0 Å². The summed E-state index contributed by atoms with van der Waals surface area (Å²) in [6.07, 6.45) is -1.49. The monoisotopic (exact) mass is 213 g/mol. The van der Waals surface area contributed by atoms with Crippen LogP contribution in [0.5, 0.6) is 0 Å². The molecule has 1 aliphatic rings. The summed E-state index contributed by atoms with van der Waals surface area (Å²) in [6, 6.07) is 5.36. The summed E-state index contributed by atoms with van der Waals surface area (Å²) < 4.78 is 37.2. The lowest BCUT2D eigenvalue weighted by molar-refractivity contribution is -0.137. The topological polar surface area (TPSA) is 12.0 Å². The highest BCUT2D eigenvalue weighted by atomic mass is 19.4. The van der Waals surface area contributed by atoms with Crippen LogP contribution in [0.4, 0.5) is 13.2 Å². The van der Waals surface area contributed by atoms with Gasteiger partial charge in [-0.05, 0) is 24.1 Å². The molecule has 1 nitrogen and oxygen atoms in total. The van der Waals surface area contributed by atoms with Gasteiger partial charge in [0.05, 0.1) is 5.56 Å². The maximum atomic E-state index is 12.4.